The minimum absolute atomic E-state index is 0.190. The first-order valence-electron chi connectivity index (χ1n) is 14.0. The van der Waals surface area contributed by atoms with E-state index in [2.05, 4.69) is 77.4 Å². The van der Waals surface area contributed by atoms with E-state index in [0.29, 0.717) is 17.5 Å². The highest BCUT2D eigenvalue weighted by Gasteiger charge is 2.38. The summed E-state index contributed by atoms with van der Waals surface area (Å²) in [6.45, 7) is 15.9. The fourth-order valence-corrected chi connectivity index (χ4v) is 5.66. The molecule has 3 atom stereocenters. The third kappa shape index (κ3) is 6.37. The number of primary amides is 1. The highest BCUT2D eigenvalue weighted by molar-refractivity contribution is 5.95. The largest absolute Gasteiger partial charge is 0.454 e. The molecule has 1 heterocycles. The van der Waals surface area contributed by atoms with Crippen molar-refractivity contribution in [2.45, 2.75) is 92.5 Å². The molecule has 37 heavy (non-hydrogen) atoms. The molecule has 2 unspecified atom stereocenters. The van der Waals surface area contributed by atoms with Crippen LogP contribution in [0.4, 0.5) is 0 Å². The minimum Gasteiger partial charge on any atom is -0.454 e. The molecule has 0 saturated carbocycles. The Kier molecular flexibility index (Phi) is 9.81. The molecule has 200 valence electrons. The lowest BCUT2D eigenvalue weighted by atomic mass is 9.73. The Hall–Kier alpha value is -2.81. The van der Waals surface area contributed by atoms with Crippen molar-refractivity contribution >= 4 is 5.91 Å². The van der Waals surface area contributed by atoms with Gasteiger partial charge in [-0.05, 0) is 98.0 Å². The van der Waals surface area contributed by atoms with Gasteiger partial charge in [0, 0.05) is 31.0 Å². The topological polar surface area (TPSA) is 55.6 Å². The number of carbonyl (C=O) groups is 1. The maximum absolute atomic E-state index is 12.2. The molecule has 0 spiro atoms. The molecule has 4 rings (SSSR count). The first kappa shape index (κ1) is 28.8. The fraction of sp³-hybridized carbons (Fsp3) is 0.515. The van der Waals surface area contributed by atoms with Gasteiger partial charge >= 0.3 is 0 Å². The highest BCUT2D eigenvalue weighted by atomic mass is 16.5. The maximum atomic E-state index is 12.2. The Morgan fingerprint density at radius 2 is 1.86 bits per heavy atom. The number of ether oxygens (including phenoxy) is 1. The Balaban J connectivity index is 0.00000121. The van der Waals surface area contributed by atoms with Crippen molar-refractivity contribution in [3.8, 4) is 5.75 Å². The number of benzene rings is 2. The number of rotatable bonds is 5. The van der Waals surface area contributed by atoms with E-state index in [0.717, 1.165) is 54.9 Å². The summed E-state index contributed by atoms with van der Waals surface area (Å²) in [5.41, 5.74) is 17.3. The van der Waals surface area contributed by atoms with Gasteiger partial charge in [0.15, 0.2) is 0 Å². The van der Waals surface area contributed by atoms with Crippen LogP contribution in [0.25, 0.3) is 0 Å². The summed E-state index contributed by atoms with van der Waals surface area (Å²) < 4.78 is 6.37. The molecule has 0 radical (unpaired) electrons. The van der Waals surface area contributed by atoms with Crippen LogP contribution in [0.15, 0.2) is 47.4 Å². The molecule has 0 bridgehead atoms. The van der Waals surface area contributed by atoms with Crippen LogP contribution < -0.4 is 10.5 Å². The van der Waals surface area contributed by atoms with Crippen molar-refractivity contribution in [2.24, 2.45) is 11.7 Å². The lowest BCUT2D eigenvalue weighted by Gasteiger charge is -2.38. The van der Waals surface area contributed by atoms with Crippen molar-refractivity contribution < 1.29 is 9.53 Å². The molecular formula is C33H46N2O2. The molecule has 1 amide bonds. The van der Waals surface area contributed by atoms with Gasteiger partial charge in [-0.15, -0.1) is 0 Å². The van der Waals surface area contributed by atoms with Crippen LogP contribution in [0.2, 0.25) is 0 Å². The summed E-state index contributed by atoms with van der Waals surface area (Å²) >= 11 is 0. The van der Waals surface area contributed by atoms with E-state index in [9.17, 15) is 4.79 Å². The minimum atomic E-state index is -0.338. The zero-order valence-corrected chi connectivity index (χ0v) is 24.2. The van der Waals surface area contributed by atoms with Crippen molar-refractivity contribution in [1.29, 1.82) is 0 Å². The van der Waals surface area contributed by atoms with Crippen LogP contribution >= 0.6 is 0 Å². The second kappa shape index (κ2) is 12.6. The zero-order valence-electron chi connectivity index (χ0n) is 24.2. The van der Waals surface area contributed by atoms with Crippen LogP contribution in [-0.4, -0.2) is 30.4 Å². The van der Waals surface area contributed by atoms with Crippen molar-refractivity contribution in [3.05, 3.63) is 80.8 Å². The SMILES string of the molecule is CCC.CCC(C)C(C)=C=C(C)Oc1cc2c(cc1C)CCN(C)[C@H]1CCc3c(C(N)=O)cccc3C21. The monoisotopic (exact) mass is 502 g/mol. The number of likely N-dealkylation sites (N-methyl/N-ethyl adjacent to an activating group) is 1. The molecule has 1 aliphatic carbocycles. The standard InChI is InChI=1S/C30H38N2O2.C3H8/c1-7-18(2)19(3)15-21(5)34-28-17-26-22(16-20(28)4)13-14-32(6)27-12-11-23-24(29(26)27)9-8-10-25(23)30(31)33;1-3-2/h8-10,16-18,27,29H,7,11-14H2,1-6H3,(H2,31,33);3H2,1-2H3/t15?,18?,27-,29?;/m0./s1. The number of nitrogens with two attached hydrogens (primary N) is 1. The normalized spacial score (nSPS) is 19.0. The fourth-order valence-electron chi connectivity index (χ4n) is 5.66. The predicted molar refractivity (Wildman–Crippen MR) is 154 cm³/mol. The number of hydrogen-bond acceptors (Lipinski definition) is 3. The summed E-state index contributed by atoms with van der Waals surface area (Å²) in [7, 11) is 2.23. The lowest BCUT2D eigenvalue weighted by molar-refractivity contribution is 0.0998. The van der Waals surface area contributed by atoms with Gasteiger partial charge in [0.25, 0.3) is 0 Å². The molecule has 2 aromatic carbocycles. The van der Waals surface area contributed by atoms with Gasteiger partial charge in [-0.2, -0.15) is 0 Å². The van der Waals surface area contributed by atoms with Crippen molar-refractivity contribution in [1.82, 2.24) is 4.90 Å². The van der Waals surface area contributed by atoms with Crippen LogP contribution in [0.1, 0.15) is 105 Å². The van der Waals surface area contributed by atoms with Gasteiger partial charge in [-0.25, -0.2) is 0 Å². The Morgan fingerprint density at radius 3 is 2.51 bits per heavy atom. The van der Waals surface area contributed by atoms with Gasteiger partial charge in [0.2, 0.25) is 5.91 Å². The maximum Gasteiger partial charge on any atom is 0.248 e. The Morgan fingerprint density at radius 1 is 1.16 bits per heavy atom. The molecule has 2 aromatic rings. The van der Waals surface area contributed by atoms with E-state index in [1.165, 1.54) is 28.7 Å². The van der Waals surface area contributed by atoms with E-state index in [1.807, 2.05) is 19.1 Å². The second-order valence-electron chi connectivity index (χ2n) is 10.9. The number of fused-ring (bicyclic) bond motifs is 5. The van der Waals surface area contributed by atoms with Crippen LogP contribution in [0.5, 0.6) is 5.75 Å². The summed E-state index contributed by atoms with van der Waals surface area (Å²) in [4.78, 5) is 14.7. The Labute approximate surface area is 224 Å². The van der Waals surface area contributed by atoms with E-state index < -0.39 is 0 Å². The third-order valence-electron chi connectivity index (χ3n) is 7.95. The van der Waals surface area contributed by atoms with E-state index in [-0.39, 0.29) is 11.8 Å². The van der Waals surface area contributed by atoms with E-state index >= 15 is 0 Å². The molecular weight excluding hydrogens is 456 g/mol. The number of amides is 1. The molecule has 0 fully saturated rings. The summed E-state index contributed by atoms with van der Waals surface area (Å²) in [6.07, 6.45) is 5.24. The smallest absolute Gasteiger partial charge is 0.248 e. The number of allylic oxidation sites excluding steroid dienone is 1. The lowest BCUT2D eigenvalue weighted by Crippen LogP contribution is -2.40. The van der Waals surface area contributed by atoms with Crippen molar-refractivity contribution in [3.63, 3.8) is 0 Å². The first-order valence-corrected chi connectivity index (χ1v) is 14.0. The van der Waals surface area contributed by atoms with Gasteiger partial charge in [-0.3, -0.25) is 4.79 Å². The molecule has 2 aliphatic rings. The molecule has 1 aliphatic heterocycles. The number of hydrogen-bond donors (Lipinski definition) is 1. The van der Waals surface area contributed by atoms with Gasteiger partial charge in [-0.1, -0.05) is 58.0 Å². The predicted octanol–water partition coefficient (Wildman–Crippen LogP) is 7.32. The average Bonchev–Trinajstić information content (AvgIpc) is 3.00. The first-order chi connectivity index (χ1) is 17.6. The third-order valence-corrected chi connectivity index (χ3v) is 7.95. The van der Waals surface area contributed by atoms with Gasteiger partial charge < -0.3 is 15.4 Å². The van der Waals surface area contributed by atoms with E-state index in [1.54, 1.807) is 0 Å². The number of nitrogens with zero attached hydrogens (tertiary/aromatic N) is 1. The molecule has 4 heteroatoms. The summed E-state index contributed by atoms with van der Waals surface area (Å²) in [5.74, 6) is 2.02. The quantitative estimate of drug-likeness (QED) is 0.344. The van der Waals surface area contributed by atoms with Gasteiger partial charge in [0.1, 0.15) is 11.5 Å². The number of aryl methyl sites for hydroxylation is 1. The molecule has 0 saturated heterocycles. The highest BCUT2D eigenvalue weighted by Crippen LogP contribution is 2.44. The molecule has 0 aromatic heterocycles. The summed E-state index contributed by atoms with van der Waals surface area (Å²) in [6, 6.07) is 11.0. The number of carbonyl (C=O) groups excluding carboxylic acids is 1. The van der Waals surface area contributed by atoms with Crippen LogP contribution in [0, 0.1) is 12.8 Å². The van der Waals surface area contributed by atoms with Crippen LogP contribution in [0.3, 0.4) is 0 Å². The average molecular weight is 503 g/mol. The summed E-state index contributed by atoms with van der Waals surface area (Å²) in [5, 5.41) is 0. The van der Waals surface area contributed by atoms with Crippen LogP contribution in [-0.2, 0) is 12.8 Å². The van der Waals surface area contributed by atoms with Crippen molar-refractivity contribution in [2.75, 3.05) is 13.6 Å². The zero-order chi connectivity index (χ0) is 27.3. The van der Waals surface area contributed by atoms with Gasteiger partial charge in [0.05, 0.1) is 0 Å². The molecule has 2 N–H and O–H groups in total. The van der Waals surface area contributed by atoms with E-state index in [4.69, 9.17) is 10.5 Å². The second-order valence-corrected chi connectivity index (χ2v) is 10.9. The Bertz CT molecular complexity index is 1190. The molecule has 4 nitrogen and oxygen atoms in total.